The first-order valence-electron chi connectivity index (χ1n) is 8.13. The van der Waals surface area contributed by atoms with Gasteiger partial charge in [0, 0.05) is 23.0 Å². The fourth-order valence-corrected chi connectivity index (χ4v) is 2.63. The number of rotatable bonds is 6. The van der Waals surface area contributed by atoms with E-state index < -0.39 is 0 Å². The van der Waals surface area contributed by atoms with Crippen molar-refractivity contribution in [3.8, 4) is 0 Å². The number of hydrogen-bond donors (Lipinski definition) is 2. The molecule has 0 aliphatic heterocycles. The SMILES string of the molecule is CC(C)Nc1nc(NCCc2ccc(Cl)cc2)nc2ccccc12. The van der Waals surface area contributed by atoms with Crippen LogP contribution in [0.15, 0.2) is 48.5 Å². The van der Waals surface area contributed by atoms with E-state index >= 15 is 0 Å². The van der Waals surface area contributed by atoms with E-state index in [2.05, 4.69) is 34.4 Å². The summed E-state index contributed by atoms with van der Waals surface area (Å²) in [4.78, 5) is 9.24. The molecule has 0 radical (unpaired) electrons. The van der Waals surface area contributed by atoms with Crippen LogP contribution in [0, 0.1) is 0 Å². The van der Waals surface area contributed by atoms with Crippen LogP contribution in [0.5, 0.6) is 0 Å². The van der Waals surface area contributed by atoms with Crippen LogP contribution in [-0.4, -0.2) is 22.6 Å². The first-order valence-corrected chi connectivity index (χ1v) is 8.51. The predicted octanol–water partition coefficient (Wildman–Crippen LogP) is 4.76. The minimum Gasteiger partial charge on any atom is -0.367 e. The van der Waals surface area contributed by atoms with Crippen LogP contribution in [0.25, 0.3) is 10.9 Å². The van der Waals surface area contributed by atoms with Gasteiger partial charge in [-0.2, -0.15) is 4.98 Å². The molecule has 0 aliphatic rings. The first-order chi connectivity index (χ1) is 11.6. The number of halogens is 1. The zero-order valence-corrected chi connectivity index (χ0v) is 14.6. The Balaban J connectivity index is 1.75. The lowest BCUT2D eigenvalue weighted by molar-refractivity contribution is 0.889. The molecule has 0 saturated carbocycles. The molecule has 0 atom stereocenters. The van der Waals surface area contributed by atoms with Gasteiger partial charge in [-0.05, 0) is 50.1 Å². The maximum Gasteiger partial charge on any atom is 0.225 e. The highest BCUT2D eigenvalue weighted by atomic mass is 35.5. The van der Waals surface area contributed by atoms with Crippen LogP contribution >= 0.6 is 11.6 Å². The Kier molecular flexibility index (Phi) is 5.16. The number of hydrogen-bond acceptors (Lipinski definition) is 4. The van der Waals surface area contributed by atoms with Gasteiger partial charge in [-0.1, -0.05) is 35.9 Å². The molecule has 0 unspecified atom stereocenters. The summed E-state index contributed by atoms with van der Waals surface area (Å²) in [6, 6.07) is 16.3. The van der Waals surface area contributed by atoms with E-state index in [9.17, 15) is 0 Å². The molecule has 2 aromatic carbocycles. The Labute approximate surface area is 147 Å². The zero-order valence-electron chi connectivity index (χ0n) is 13.9. The number of aromatic nitrogens is 2. The fourth-order valence-electron chi connectivity index (χ4n) is 2.51. The quantitative estimate of drug-likeness (QED) is 0.679. The molecule has 0 spiro atoms. The highest BCUT2D eigenvalue weighted by Gasteiger charge is 2.08. The zero-order chi connectivity index (χ0) is 16.9. The van der Waals surface area contributed by atoms with Gasteiger partial charge in [-0.15, -0.1) is 0 Å². The van der Waals surface area contributed by atoms with E-state index in [0.29, 0.717) is 12.0 Å². The van der Waals surface area contributed by atoms with Crippen LogP contribution in [-0.2, 0) is 6.42 Å². The van der Waals surface area contributed by atoms with Gasteiger partial charge in [0.1, 0.15) is 5.82 Å². The summed E-state index contributed by atoms with van der Waals surface area (Å²) in [6.45, 7) is 4.97. The number of benzene rings is 2. The van der Waals surface area contributed by atoms with Crippen molar-refractivity contribution in [2.45, 2.75) is 26.3 Å². The summed E-state index contributed by atoms with van der Waals surface area (Å²) >= 11 is 5.91. The van der Waals surface area contributed by atoms with Crippen molar-refractivity contribution in [3.05, 3.63) is 59.1 Å². The Morgan fingerprint density at radius 2 is 1.75 bits per heavy atom. The highest BCUT2D eigenvalue weighted by molar-refractivity contribution is 6.30. The Morgan fingerprint density at radius 1 is 1.00 bits per heavy atom. The van der Waals surface area contributed by atoms with E-state index in [4.69, 9.17) is 11.6 Å². The molecule has 0 saturated heterocycles. The van der Waals surface area contributed by atoms with Crippen molar-refractivity contribution in [3.63, 3.8) is 0 Å². The van der Waals surface area contributed by atoms with Crippen LogP contribution in [0.2, 0.25) is 5.02 Å². The fraction of sp³-hybridized carbons (Fsp3) is 0.263. The van der Waals surface area contributed by atoms with Crippen LogP contribution in [0.3, 0.4) is 0 Å². The molecular formula is C19H21ClN4. The third-order valence-electron chi connectivity index (χ3n) is 3.64. The number of para-hydroxylation sites is 1. The molecule has 3 rings (SSSR count). The number of fused-ring (bicyclic) bond motifs is 1. The second-order valence-corrected chi connectivity index (χ2v) is 6.45. The van der Waals surface area contributed by atoms with Gasteiger partial charge < -0.3 is 10.6 Å². The van der Waals surface area contributed by atoms with Crippen molar-refractivity contribution >= 4 is 34.3 Å². The van der Waals surface area contributed by atoms with Gasteiger partial charge in [-0.25, -0.2) is 4.98 Å². The summed E-state index contributed by atoms with van der Waals surface area (Å²) in [5.41, 5.74) is 2.16. The second kappa shape index (κ2) is 7.49. The Bertz CT molecular complexity index is 815. The van der Waals surface area contributed by atoms with Crippen molar-refractivity contribution in [1.82, 2.24) is 9.97 Å². The van der Waals surface area contributed by atoms with Crippen LogP contribution in [0.1, 0.15) is 19.4 Å². The normalized spacial score (nSPS) is 11.0. The lowest BCUT2D eigenvalue weighted by Crippen LogP contribution is -2.14. The molecule has 1 aromatic heterocycles. The molecule has 0 fully saturated rings. The van der Waals surface area contributed by atoms with Crippen LogP contribution in [0.4, 0.5) is 11.8 Å². The van der Waals surface area contributed by atoms with E-state index in [-0.39, 0.29) is 0 Å². The maximum absolute atomic E-state index is 5.91. The second-order valence-electron chi connectivity index (χ2n) is 6.02. The molecule has 3 aromatic rings. The van der Waals surface area contributed by atoms with E-state index in [0.717, 1.165) is 34.7 Å². The third kappa shape index (κ3) is 4.15. The van der Waals surface area contributed by atoms with Gasteiger partial charge in [0.05, 0.1) is 5.52 Å². The van der Waals surface area contributed by atoms with Gasteiger partial charge in [0.2, 0.25) is 5.95 Å². The molecule has 0 amide bonds. The van der Waals surface area contributed by atoms with Gasteiger partial charge in [0.25, 0.3) is 0 Å². The summed E-state index contributed by atoms with van der Waals surface area (Å²) in [5.74, 6) is 1.51. The molecule has 0 bridgehead atoms. The van der Waals surface area contributed by atoms with Gasteiger partial charge in [0.15, 0.2) is 0 Å². The predicted molar refractivity (Wildman–Crippen MR) is 102 cm³/mol. The largest absolute Gasteiger partial charge is 0.367 e. The molecule has 4 nitrogen and oxygen atoms in total. The average molecular weight is 341 g/mol. The monoisotopic (exact) mass is 340 g/mol. The average Bonchev–Trinajstić information content (AvgIpc) is 2.56. The number of nitrogens with zero attached hydrogens (tertiary/aromatic N) is 2. The molecular weight excluding hydrogens is 320 g/mol. The minimum atomic E-state index is 0.310. The molecule has 124 valence electrons. The molecule has 0 aliphatic carbocycles. The van der Waals surface area contributed by atoms with Crippen molar-refractivity contribution in [2.75, 3.05) is 17.2 Å². The third-order valence-corrected chi connectivity index (χ3v) is 3.89. The van der Waals surface area contributed by atoms with Crippen molar-refractivity contribution in [2.24, 2.45) is 0 Å². The van der Waals surface area contributed by atoms with Crippen molar-refractivity contribution in [1.29, 1.82) is 0 Å². The van der Waals surface area contributed by atoms with E-state index in [1.807, 2.05) is 48.5 Å². The topological polar surface area (TPSA) is 49.8 Å². The van der Waals surface area contributed by atoms with Crippen LogP contribution < -0.4 is 10.6 Å². The summed E-state index contributed by atoms with van der Waals surface area (Å²) in [7, 11) is 0. The van der Waals surface area contributed by atoms with Crippen molar-refractivity contribution < 1.29 is 0 Å². The lowest BCUT2D eigenvalue weighted by Gasteiger charge is -2.14. The minimum absolute atomic E-state index is 0.310. The summed E-state index contributed by atoms with van der Waals surface area (Å²) in [6.07, 6.45) is 0.889. The first kappa shape index (κ1) is 16.5. The highest BCUT2D eigenvalue weighted by Crippen LogP contribution is 2.22. The standard InChI is InChI=1S/C19H21ClN4/c1-13(2)22-18-16-5-3-4-6-17(16)23-19(24-18)21-12-11-14-7-9-15(20)10-8-14/h3-10,13H,11-12H2,1-2H3,(H2,21,22,23,24). The van der Waals surface area contributed by atoms with E-state index in [1.165, 1.54) is 5.56 Å². The number of anilines is 2. The molecule has 24 heavy (non-hydrogen) atoms. The molecule has 1 heterocycles. The molecule has 5 heteroatoms. The summed E-state index contributed by atoms with van der Waals surface area (Å²) in [5, 5.41) is 8.51. The van der Waals surface area contributed by atoms with E-state index in [1.54, 1.807) is 0 Å². The Hall–Kier alpha value is -2.33. The Morgan fingerprint density at radius 3 is 2.50 bits per heavy atom. The lowest BCUT2D eigenvalue weighted by atomic mass is 10.1. The van der Waals surface area contributed by atoms with Gasteiger partial charge >= 0.3 is 0 Å². The smallest absolute Gasteiger partial charge is 0.225 e. The number of nitrogens with one attached hydrogen (secondary N) is 2. The maximum atomic E-state index is 5.91. The van der Waals surface area contributed by atoms with Gasteiger partial charge in [-0.3, -0.25) is 0 Å². The summed E-state index contributed by atoms with van der Waals surface area (Å²) < 4.78 is 0. The molecule has 2 N–H and O–H groups in total.